The van der Waals surface area contributed by atoms with Gasteiger partial charge in [0.2, 0.25) is 5.91 Å². The molecule has 1 unspecified atom stereocenters. The molecule has 0 aliphatic carbocycles. The molecule has 1 aromatic rings. The number of hydrogen-bond acceptors (Lipinski definition) is 4. The van der Waals surface area contributed by atoms with Gasteiger partial charge in [-0.25, -0.2) is 9.78 Å². The molecule has 0 bridgehead atoms. The van der Waals surface area contributed by atoms with Gasteiger partial charge in [0.15, 0.2) is 10.8 Å². The number of aromatic nitrogens is 1. The van der Waals surface area contributed by atoms with E-state index in [1.54, 1.807) is 4.90 Å². The largest absolute Gasteiger partial charge is 0.476 e. The number of anilines is 1. The quantitative estimate of drug-likeness (QED) is 0.861. The molecule has 1 atom stereocenters. The summed E-state index contributed by atoms with van der Waals surface area (Å²) >= 11 is 4.53. The second kappa shape index (κ2) is 4.50. The zero-order valence-electron chi connectivity index (χ0n) is 8.22. The Balaban J connectivity index is 2.18. The molecule has 0 saturated carbocycles. The summed E-state index contributed by atoms with van der Waals surface area (Å²) in [5, 5.41) is 11.4. The molecule has 1 saturated heterocycles. The Kier molecular flexibility index (Phi) is 3.25. The zero-order chi connectivity index (χ0) is 11.7. The second-order valence-corrected chi connectivity index (χ2v) is 5.03. The summed E-state index contributed by atoms with van der Waals surface area (Å²) in [6.07, 6.45) is 0.493. The number of alkyl halides is 1. The van der Waals surface area contributed by atoms with E-state index in [9.17, 15) is 9.59 Å². The van der Waals surface area contributed by atoms with Crippen LogP contribution in [0.4, 0.5) is 5.13 Å². The van der Waals surface area contributed by atoms with Crippen LogP contribution >= 0.6 is 27.3 Å². The third-order valence-electron chi connectivity index (χ3n) is 2.37. The Bertz CT molecular complexity index is 434. The average Bonchev–Trinajstić information content (AvgIpc) is 2.83. The van der Waals surface area contributed by atoms with Crippen LogP contribution in [0.2, 0.25) is 0 Å². The van der Waals surface area contributed by atoms with E-state index >= 15 is 0 Å². The molecule has 1 aromatic heterocycles. The first kappa shape index (κ1) is 11.5. The first-order chi connectivity index (χ1) is 7.61. The number of carbonyl (C=O) groups excluding carboxylic acids is 1. The minimum atomic E-state index is -1.06. The fourth-order valence-electron chi connectivity index (χ4n) is 1.56. The molecule has 1 aliphatic heterocycles. The van der Waals surface area contributed by atoms with Gasteiger partial charge >= 0.3 is 5.97 Å². The predicted octanol–water partition coefficient (Wildman–Crippen LogP) is 1.59. The van der Waals surface area contributed by atoms with E-state index in [2.05, 4.69) is 20.9 Å². The standard InChI is InChI=1S/C9H9BrN2O3S/c10-2-5-1-7(13)12(3-5)9-11-6(4-16-9)8(14)15/h4-5H,1-3H2,(H,14,15). The highest BCUT2D eigenvalue weighted by Crippen LogP contribution is 2.28. The SMILES string of the molecule is O=C(O)c1csc(N2CC(CBr)CC2=O)n1. The van der Waals surface area contributed by atoms with Crippen LogP contribution in [0.15, 0.2) is 5.38 Å². The van der Waals surface area contributed by atoms with Gasteiger partial charge in [0, 0.05) is 23.7 Å². The van der Waals surface area contributed by atoms with Crippen LogP contribution < -0.4 is 4.90 Å². The van der Waals surface area contributed by atoms with Crippen molar-refractivity contribution in [2.75, 3.05) is 16.8 Å². The van der Waals surface area contributed by atoms with Gasteiger partial charge in [-0.15, -0.1) is 11.3 Å². The maximum absolute atomic E-state index is 11.6. The number of hydrogen-bond donors (Lipinski definition) is 1. The number of carboxylic acids is 1. The monoisotopic (exact) mass is 304 g/mol. The smallest absolute Gasteiger partial charge is 0.355 e. The number of amides is 1. The molecule has 2 rings (SSSR count). The van der Waals surface area contributed by atoms with Crippen molar-refractivity contribution in [1.82, 2.24) is 4.98 Å². The van der Waals surface area contributed by atoms with Crippen molar-refractivity contribution in [3.05, 3.63) is 11.1 Å². The Morgan fingerprint density at radius 2 is 2.50 bits per heavy atom. The third-order valence-corrected chi connectivity index (χ3v) is 4.14. The highest BCUT2D eigenvalue weighted by Gasteiger charge is 2.31. The van der Waals surface area contributed by atoms with E-state index in [0.717, 1.165) is 5.33 Å². The lowest BCUT2D eigenvalue weighted by atomic mass is 10.2. The van der Waals surface area contributed by atoms with Crippen molar-refractivity contribution in [3.8, 4) is 0 Å². The van der Waals surface area contributed by atoms with Crippen molar-refractivity contribution in [1.29, 1.82) is 0 Å². The fourth-order valence-corrected chi connectivity index (χ4v) is 2.82. The molecule has 1 aliphatic rings. The van der Waals surface area contributed by atoms with E-state index in [4.69, 9.17) is 5.11 Å². The highest BCUT2D eigenvalue weighted by molar-refractivity contribution is 9.09. The van der Waals surface area contributed by atoms with Gasteiger partial charge in [0.25, 0.3) is 0 Å². The Morgan fingerprint density at radius 3 is 3.00 bits per heavy atom. The van der Waals surface area contributed by atoms with Gasteiger partial charge < -0.3 is 5.11 Å². The number of carboxylic acid groups (broad SMARTS) is 1. The van der Waals surface area contributed by atoms with Gasteiger partial charge in [-0.2, -0.15) is 0 Å². The minimum Gasteiger partial charge on any atom is -0.476 e. The van der Waals surface area contributed by atoms with Crippen molar-refractivity contribution in [2.45, 2.75) is 6.42 Å². The van der Waals surface area contributed by atoms with E-state index in [0.29, 0.717) is 18.1 Å². The number of halogens is 1. The number of nitrogens with zero attached hydrogens (tertiary/aromatic N) is 2. The summed E-state index contributed by atoms with van der Waals surface area (Å²) in [6.45, 7) is 0.608. The summed E-state index contributed by atoms with van der Waals surface area (Å²) in [6, 6.07) is 0. The number of rotatable bonds is 3. The van der Waals surface area contributed by atoms with E-state index < -0.39 is 5.97 Å². The summed E-state index contributed by atoms with van der Waals surface area (Å²) in [4.78, 5) is 27.8. The number of thiazole rings is 1. The molecule has 0 spiro atoms. The minimum absolute atomic E-state index is 0.00454. The van der Waals surface area contributed by atoms with Crippen molar-refractivity contribution in [3.63, 3.8) is 0 Å². The predicted molar refractivity (Wildman–Crippen MR) is 63.3 cm³/mol. The maximum atomic E-state index is 11.6. The normalized spacial score (nSPS) is 20.4. The molecule has 0 aromatic carbocycles. The lowest BCUT2D eigenvalue weighted by Gasteiger charge is -2.11. The Hall–Kier alpha value is -0.950. The van der Waals surface area contributed by atoms with Crippen LogP contribution in [0.25, 0.3) is 0 Å². The summed E-state index contributed by atoms with van der Waals surface area (Å²) in [5.41, 5.74) is -0.00454. The maximum Gasteiger partial charge on any atom is 0.355 e. The molecule has 2 heterocycles. The number of carbonyl (C=O) groups is 2. The molecule has 1 amide bonds. The summed E-state index contributed by atoms with van der Waals surface area (Å²) < 4.78 is 0. The zero-order valence-corrected chi connectivity index (χ0v) is 10.6. The van der Waals surface area contributed by atoms with Crippen LogP contribution in [0.5, 0.6) is 0 Å². The molecule has 1 fully saturated rings. The molecule has 0 radical (unpaired) electrons. The second-order valence-electron chi connectivity index (χ2n) is 3.55. The van der Waals surface area contributed by atoms with E-state index in [-0.39, 0.29) is 17.5 Å². The average molecular weight is 305 g/mol. The van der Waals surface area contributed by atoms with Gasteiger partial charge in [-0.05, 0) is 5.92 Å². The van der Waals surface area contributed by atoms with Crippen LogP contribution in [-0.2, 0) is 4.79 Å². The molecule has 7 heteroatoms. The van der Waals surface area contributed by atoms with Crippen molar-refractivity contribution < 1.29 is 14.7 Å². The Labute approximate surface area is 104 Å². The topological polar surface area (TPSA) is 70.5 Å². The summed E-state index contributed by atoms with van der Waals surface area (Å²) in [7, 11) is 0. The molecule has 86 valence electrons. The molecule has 1 N–H and O–H groups in total. The van der Waals surface area contributed by atoms with Crippen LogP contribution in [0, 0.1) is 5.92 Å². The van der Waals surface area contributed by atoms with Crippen molar-refractivity contribution in [2.24, 2.45) is 5.92 Å². The molecular weight excluding hydrogens is 296 g/mol. The summed E-state index contributed by atoms with van der Waals surface area (Å²) in [5.74, 6) is -0.772. The first-order valence-corrected chi connectivity index (χ1v) is 6.67. The lowest BCUT2D eigenvalue weighted by Crippen LogP contribution is -2.24. The number of aromatic carboxylic acids is 1. The molecule has 16 heavy (non-hydrogen) atoms. The van der Waals surface area contributed by atoms with Crippen molar-refractivity contribution >= 4 is 44.3 Å². The van der Waals surface area contributed by atoms with Crippen LogP contribution in [0.1, 0.15) is 16.9 Å². The van der Waals surface area contributed by atoms with Gasteiger partial charge in [0.05, 0.1) is 0 Å². The fraction of sp³-hybridized carbons (Fsp3) is 0.444. The van der Waals surface area contributed by atoms with Crippen LogP contribution in [0.3, 0.4) is 0 Å². The van der Waals surface area contributed by atoms with E-state index in [1.807, 2.05) is 0 Å². The van der Waals surface area contributed by atoms with Gasteiger partial charge in [-0.3, -0.25) is 9.69 Å². The van der Waals surface area contributed by atoms with Gasteiger partial charge in [-0.1, -0.05) is 15.9 Å². The Morgan fingerprint density at radius 1 is 1.75 bits per heavy atom. The first-order valence-electron chi connectivity index (χ1n) is 4.67. The third kappa shape index (κ3) is 2.10. The highest BCUT2D eigenvalue weighted by atomic mass is 79.9. The molecule has 5 nitrogen and oxygen atoms in total. The molecular formula is C9H9BrN2O3S. The van der Waals surface area contributed by atoms with Crippen LogP contribution in [-0.4, -0.2) is 33.8 Å². The lowest BCUT2D eigenvalue weighted by molar-refractivity contribution is -0.117. The van der Waals surface area contributed by atoms with Gasteiger partial charge in [0.1, 0.15) is 0 Å². The van der Waals surface area contributed by atoms with E-state index in [1.165, 1.54) is 16.7 Å².